The average molecular weight is 415 g/mol. The summed E-state index contributed by atoms with van der Waals surface area (Å²) in [7, 11) is -3.67. The second kappa shape index (κ2) is 6.98. The number of rotatable bonds is 4. The van der Waals surface area contributed by atoms with Crippen molar-refractivity contribution in [2.24, 2.45) is 0 Å². The minimum Gasteiger partial charge on any atom is -0.330 e. The van der Waals surface area contributed by atoms with Gasteiger partial charge >= 0.3 is 0 Å². The summed E-state index contributed by atoms with van der Waals surface area (Å²) < 4.78 is 27.5. The highest BCUT2D eigenvalue weighted by Gasteiger charge is 2.33. The predicted octanol–water partition coefficient (Wildman–Crippen LogP) is 1.83. The van der Waals surface area contributed by atoms with Crippen LogP contribution in [0.1, 0.15) is 0 Å². The summed E-state index contributed by atoms with van der Waals surface area (Å²) in [4.78, 5) is 1.31. The molecule has 116 valence electrons. The number of hydrogen-bond acceptors (Lipinski definition) is 2. The monoisotopic (exact) mass is 413 g/mol. The smallest absolute Gasteiger partial charge is 0.246 e. The topological polar surface area (TPSA) is 41.8 Å². The Hall–Kier alpha value is -0.110. The van der Waals surface area contributed by atoms with E-state index in [9.17, 15) is 8.42 Å². The van der Waals surface area contributed by atoms with E-state index in [2.05, 4.69) is 22.5 Å². The van der Waals surface area contributed by atoms with Crippen molar-refractivity contribution in [3.05, 3.63) is 39.3 Å². The summed E-state index contributed by atoms with van der Waals surface area (Å²) in [5, 5.41) is 0.269. The number of nitrogens with zero attached hydrogens (tertiary/aromatic N) is 1. The van der Waals surface area contributed by atoms with E-state index < -0.39 is 10.0 Å². The highest BCUT2D eigenvalue weighted by Crippen LogP contribution is 2.34. The fourth-order valence-electron chi connectivity index (χ4n) is 2.36. The van der Waals surface area contributed by atoms with Crippen LogP contribution in [0, 0.1) is 0 Å². The van der Waals surface area contributed by atoms with Crippen molar-refractivity contribution in [2.45, 2.75) is 4.90 Å². The SMILES string of the molecule is C=CC[NH+]1CCN(S(=O)(=O)c2c(Cl)cc(Br)cc2Cl)CC1. The standard InChI is InChI=1S/C13H15BrCl2N2O2S/c1-2-3-17-4-6-18(7-5-17)21(19,20)13-11(15)8-10(14)9-12(13)16/h2,8-9H,1,3-7H2/p+1. The van der Waals surface area contributed by atoms with E-state index >= 15 is 0 Å². The Kier molecular flexibility index (Phi) is 5.73. The molecule has 1 fully saturated rings. The third kappa shape index (κ3) is 3.81. The van der Waals surface area contributed by atoms with Crippen molar-refractivity contribution in [3.8, 4) is 0 Å². The Labute approximate surface area is 143 Å². The van der Waals surface area contributed by atoms with Gasteiger partial charge in [0, 0.05) is 4.47 Å². The second-order valence-electron chi connectivity index (χ2n) is 4.85. The van der Waals surface area contributed by atoms with Crippen molar-refractivity contribution in [3.63, 3.8) is 0 Å². The molecule has 1 aromatic rings. The Bertz CT molecular complexity index is 621. The quantitative estimate of drug-likeness (QED) is 0.763. The van der Waals surface area contributed by atoms with Crippen LogP contribution in [0.3, 0.4) is 0 Å². The predicted molar refractivity (Wildman–Crippen MR) is 88.7 cm³/mol. The summed E-state index contributed by atoms with van der Waals surface area (Å²) in [5.74, 6) is 0. The minimum atomic E-state index is -3.67. The molecule has 8 heteroatoms. The van der Waals surface area contributed by atoms with Crippen LogP contribution in [-0.2, 0) is 10.0 Å². The summed E-state index contributed by atoms with van der Waals surface area (Å²) in [6.45, 7) is 6.95. The van der Waals surface area contributed by atoms with E-state index in [0.29, 0.717) is 17.6 Å². The first-order valence-electron chi connectivity index (χ1n) is 6.45. The van der Waals surface area contributed by atoms with Gasteiger partial charge in [0.05, 0.1) is 42.8 Å². The van der Waals surface area contributed by atoms with Crippen LogP contribution < -0.4 is 4.90 Å². The normalized spacial score (nSPS) is 17.9. The highest BCUT2D eigenvalue weighted by molar-refractivity contribution is 9.10. The van der Waals surface area contributed by atoms with Crippen LogP contribution in [0.25, 0.3) is 0 Å². The number of sulfonamides is 1. The van der Waals surface area contributed by atoms with Crippen molar-refractivity contribution in [1.82, 2.24) is 4.31 Å². The summed E-state index contributed by atoms with van der Waals surface area (Å²) in [5.41, 5.74) is 0. The Balaban J connectivity index is 2.26. The lowest BCUT2D eigenvalue weighted by molar-refractivity contribution is -0.897. The molecular weight excluding hydrogens is 399 g/mol. The molecule has 0 spiro atoms. The van der Waals surface area contributed by atoms with Crippen LogP contribution in [0.5, 0.6) is 0 Å². The zero-order valence-electron chi connectivity index (χ0n) is 11.3. The van der Waals surface area contributed by atoms with Gasteiger partial charge in [-0.2, -0.15) is 4.31 Å². The Morgan fingerprint density at radius 3 is 2.29 bits per heavy atom. The van der Waals surface area contributed by atoms with Crippen LogP contribution in [-0.4, -0.2) is 45.4 Å². The average Bonchev–Trinajstić information content (AvgIpc) is 2.38. The summed E-state index contributed by atoms with van der Waals surface area (Å²) in [6.07, 6.45) is 1.85. The number of halogens is 3. The molecule has 0 aromatic heterocycles. The van der Waals surface area contributed by atoms with Gasteiger partial charge < -0.3 is 4.90 Å². The molecule has 0 saturated carbocycles. The van der Waals surface area contributed by atoms with Gasteiger partial charge in [0.1, 0.15) is 4.90 Å². The maximum Gasteiger partial charge on any atom is 0.246 e. The largest absolute Gasteiger partial charge is 0.330 e. The van der Waals surface area contributed by atoms with Gasteiger partial charge in [0.15, 0.2) is 0 Å². The van der Waals surface area contributed by atoms with Crippen molar-refractivity contribution < 1.29 is 13.3 Å². The number of hydrogen-bond donors (Lipinski definition) is 1. The minimum absolute atomic E-state index is 0.0128. The van der Waals surface area contributed by atoms with E-state index in [-0.39, 0.29) is 14.9 Å². The first kappa shape index (κ1) is 17.2. The number of piperazine rings is 1. The van der Waals surface area contributed by atoms with Gasteiger partial charge in [-0.3, -0.25) is 0 Å². The molecule has 21 heavy (non-hydrogen) atoms. The molecule has 1 heterocycles. The maximum atomic E-state index is 12.7. The molecule has 1 saturated heterocycles. The molecule has 0 amide bonds. The van der Waals surface area contributed by atoms with Gasteiger partial charge in [-0.25, -0.2) is 8.42 Å². The van der Waals surface area contributed by atoms with Crippen LogP contribution in [0.4, 0.5) is 0 Å². The molecule has 1 aromatic carbocycles. The summed E-state index contributed by atoms with van der Waals surface area (Å²) >= 11 is 15.4. The van der Waals surface area contributed by atoms with Crippen molar-refractivity contribution >= 4 is 49.2 Å². The Morgan fingerprint density at radius 1 is 1.29 bits per heavy atom. The third-order valence-corrected chi connectivity index (χ3v) is 6.70. The van der Waals surface area contributed by atoms with Crippen LogP contribution in [0.2, 0.25) is 10.0 Å². The van der Waals surface area contributed by atoms with E-state index in [0.717, 1.165) is 19.6 Å². The lowest BCUT2D eigenvalue weighted by Gasteiger charge is -2.31. The van der Waals surface area contributed by atoms with Crippen LogP contribution >= 0.6 is 39.1 Å². The van der Waals surface area contributed by atoms with Gasteiger partial charge in [-0.15, -0.1) is 0 Å². The number of nitrogens with one attached hydrogen (secondary N) is 1. The van der Waals surface area contributed by atoms with Crippen molar-refractivity contribution in [1.29, 1.82) is 0 Å². The molecule has 0 atom stereocenters. The number of benzene rings is 1. The molecule has 4 nitrogen and oxygen atoms in total. The lowest BCUT2D eigenvalue weighted by atomic mass is 10.3. The van der Waals surface area contributed by atoms with Gasteiger partial charge in [-0.1, -0.05) is 45.7 Å². The zero-order valence-corrected chi connectivity index (χ0v) is 15.2. The van der Waals surface area contributed by atoms with E-state index in [4.69, 9.17) is 23.2 Å². The zero-order chi connectivity index (χ0) is 15.6. The lowest BCUT2D eigenvalue weighted by Crippen LogP contribution is -3.14. The van der Waals surface area contributed by atoms with E-state index in [1.807, 2.05) is 6.08 Å². The number of quaternary nitrogens is 1. The summed E-state index contributed by atoms with van der Waals surface area (Å²) in [6, 6.07) is 3.08. The molecule has 2 rings (SSSR count). The molecule has 1 aliphatic heterocycles. The molecular formula is C13H16BrCl2N2O2S+. The fourth-order valence-corrected chi connectivity index (χ4v) is 5.68. The van der Waals surface area contributed by atoms with Crippen LogP contribution in [0.15, 0.2) is 34.2 Å². The first-order chi connectivity index (χ1) is 9.86. The van der Waals surface area contributed by atoms with Crippen molar-refractivity contribution in [2.75, 3.05) is 32.7 Å². The van der Waals surface area contributed by atoms with Gasteiger partial charge in [-0.05, 0) is 18.2 Å². The molecule has 1 aliphatic rings. The molecule has 0 unspecified atom stereocenters. The highest BCUT2D eigenvalue weighted by atomic mass is 79.9. The fraction of sp³-hybridized carbons (Fsp3) is 0.385. The second-order valence-corrected chi connectivity index (χ2v) is 8.45. The molecule has 0 bridgehead atoms. The third-order valence-electron chi connectivity index (χ3n) is 3.42. The van der Waals surface area contributed by atoms with Gasteiger partial charge in [0.25, 0.3) is 0 Å². The molecule has 0 aliphatic carbocycles. The first-order valence-corrected chi connectivity index (χ1v) is 9.44. The maximum absolute atomic E-state index is 12.7. The van der Waals surface area contributed by atoms with E-state index in [1.165, 1.54) is 9.21 Å². The van der Waals surface area contributed by atoms with E-state index in [1.54, 1.807) is 12.1 Å². The molecule has 0 radical (unpaired) electrons. The molecule has 1 N–H and O–H groups in total. The van der Waals surface area contributed by atoms with Gasteiger partial charge in [0.2, 0.25) is 10.0 Å². The Morgan fingerprint density at radius 2 is 1.81 bits per heavy atom.